The minimum atomic E-state index is -2.02. The van der Waals surface area contributed by atoms with Gasteiger partial charge < -0.3 is 10.2 Å². The van der Waals surface area contributed by atoms with Gasteiger partial charge in [0.05, 0.1) is 6.10 Å². The van der Waals surface area contributed by atoms with E-state index in [4.69, 9.17) is 0 Å². The van der Waals surface area contributed by atoms with E-state index in [1.165, 1.54) is 5.57 Å². The molecular weight excluding hydrogens is 448 g/mol. The molecule has 4 aliphatic carbocycles. The topological polar surface area (TPSA) is 57.5 Å². The molecule has 2 N–H and O–H groups in total. The molecule has 0 aromatic heterocycles. The van der Waals surface area contributed by atoms with Crippen LogP contribution in [0.15, 0.2) is 23.8 Å². The fourth-order valence-electron chi connectivity index (χ4n) is 9.51. The number of hydrogen-bond acceptors (Lipinski definition) is 3. The second-order valence-corrected chi connectivity index (χ2v) is 19.3. The molecule has 0 heterocycles. The monoisotopic (exact) mass is 496 g/mol. The molecule has 4 aliphatic rings. The number of hydrogen-bond donors (Lipinski definition) is 2. The highest BCUT2D eigenvalue weighted by Gasteiger charge is 2.67. The van der Waals surface area contributed by atoms with Gasteiger partial charge in [-0.2, -0.15) is 0 Å². The highest BCUT2D eigenvalue weighted by atomic mass is 28.3. The first kappa shape index (κ1) is 26.9. The zero-order valence-electron chi connectivity index (χ0n) is 23.4. The first-order chi connectivity index (χ1) is 16.1. The maximum Gasteiger partial charge on any atom is 0.155 e. The molecule has 0 aliphatic heterocycles. The molecule has 3 saturated carbocycles. The molecule has 0 amide bonds. The van der Waals surface area contributed by atoms with Crippen LogP contribution in [0.4, 0.5) is 0 Å². The largest absolute Gasteiger partial charge is 0.393 e. The second-order valence-electron chi connectivity index (χ2n) is 13.7. The predicted octanol–water partition coefficient (Wildman–Crippen LogP) is 6.61. The average molecular weight is 497 g/mol. The summed E-state index contributed by atoms with van der Waals surface area (Å²) >= 11 is 0. The number of allylic oxidation sites excluding steroid dienone is 1. The Bertz CT molecular complexity index is 975. The minimum absolute atomic E-state index is 0.125. The molecule has 1 unspecified atom stereocenters. The van der Waals surface area contributed by atoms with Gasteiger partial charge >= 0.3 is 0 Å². The molecule has 4 rings (SSSR count). The van der Waals surface area contributed by atoms with Crippen LogP contribution in [-0.2, 0) is 4.79 Å². The summed E-state index contributed by atoms with van der Waals surface area (Å²) in [5, 5.41) is 24.0. The summed E-state index contributed by atoms with van der Waals surface area (Å²) in [7, 11) is -2.02. The Hall–Kier alpha value is -1.15. The van der Waals surface area contributed by atoms with Gasteiger partial charge in [0.15, 0.2) is 11.4 Å². The average Bonchev–Trinajstić information content (AvgIpc) is 2.94. The third kappa shape index (κ3) is 3.63. The van der Waals surface area contributed by atoms with Gasteiger partial charge in [-0.15, -0.1) is 5.54 Å². The van der Waals surface area contributed by atoms with Gasteiger partial charge in [-0.1, -0.05) is 73.5 Å². The predicted molar refractivity (Wildman–Crippen MR) is 146 cm³/mol. The van der Waals surface area contributed by atoms with Gasteiger partial charge in [0.2, 0.25) is 0 Å². The lowest BCUT2D eigenvalue weighted by molar-refractivity contribution is -0.153. The number of carbonyl (C=O) groups excluding carboxylic acids is 1. The zero-order valence-corrected chi connectivity index (χ0v) is 24.4. The van der Waals surface area contributed by atoms with E-state index < -0.39 is 25.2 Å². The Morgan fingerprint density at radius 1 is 1.09 bits per heavy atom. The Morgan fingerprint density at radius 2 is 1.69 bits per heavy atom. The van der Waals surface area contributed by atoms with Crippen LogP contribution in [0.2, 0.25) is 16.6 Å². The zero-order chi connectivity index (χ0) is 26.1. The summed E-state index contributed by atoms with van der Waals surface area (Å²) in [5.41, 5.74) is 5.47. The van der Waals surface area contributed by atoms with Crippen molar-refractivity contribution in [2.45, 2.75) is 122 Å². The molecule has 35 heavy (non-hydrogen) atoms. The van der Waals surface area contributed by atoms with Crippen molar-refractivity contribution in [1.82, 2.24) is 0 Å². The summed E-state index contributed by atoms with van der Waals surface area (Å²) in [5.74, 6) is 4.46. The summed E-state index contributed by atoms with van der Waals surface area (Å²) < 4.78 is 0. The van der Waals surface area contributed by atoms with Crippen molar-refractivity contribution in [3.8, 4) is 11.5 Å². The van der Waals surface area contributed by atoms with Crippen molar-refractivity contribution in [1.29, 1.82) is 0 Å². The van der Waals surface area contributed by atoms with E-state index in [2.05, 4.69) is 73.4 Å². The number of aliphatic hydroxyl groups excluding tert-OH is 1. The Labute approximate surface area is 214 Å². The van der Waals surface area contributed by atoms with Crippen molar-refractivity contribution in [3.05, 3.63) is 23.8 Å². The first-order valence-electron chi connectivity index (χ1n) is 14.0. The third-order valence-electron chi connectivity index (χ3n) is 11.4. The molecule has 7 atom stereocenters. The molecule has 0 aromatic carbocycles. The number of rotatable bonds is 3. The summed E-state index contributed by atoms with van der Waals surface area (Å²) in [6.07, 6.45) is 5.98. The van der Waals surface area contributed by atoms with Gasteiger partial charge in [0.1, 0.15) is 8.07 Å². The van der Waals surface area contributed by atoms with Gasteiger partial charge in [-0.3, -0.25) is 4.79 Å². The highest BCUT2D eigenvalue weighted by Crippen LogP contribution is 2.68. The van der Waals surface area contributed by atoms with E-state index >= 15 is 0 Å². The summed E-state index contributed by atoms with van der Waals surface area (Å²) in [4.78, 5) is 12.2. The van der Waals surface area contributed by atoms with Gasteiger partial charge in [0.25, 0.3) is 0 Å². The SMILES string of the molecule is C=C1C[C@H]2C3CCC4=CC(=O)CC[C@]4(C)[C@H]3[C@@H](O)C[C@]2(C)[C@]1(O)C#C[Si](C(C)C)(C(C)C)C(C)C. The van der Waals surface area contributed by atoms with Crippen LogP contribution in [0.5, 0.6) is 0 Å². The lowest BCUT2D eigenvalue weighted by Crippen LogP contribution is -2.59. The molecule has 0 radical (unpaired) electrons. The molecule has 194 valence electrons. The molecule has 3 nitrogen and oxygen atoms in total. The highest BCUT2D eigenvalue weighted by molar-refractivity contribution is 6.90. The van der Waals surface area contributed by atoms with Crippen LogP contribution in [0.25, 0.3) is 0 Å². The molecule has 3 fully saturated rings. The molecule has 0 bridgehead atoms. The first-order valence-corrected chi connectivity index (χ1v) is 16.2. The van der Waals surface area contributed by atoms with E-state index in [0.717, 1.165) is 31.3 Å². The number of carbonyl (C=O) groups is 1. The standard InChI is InChI=1S/C31H48O3Si/c1-19(2)35(20(3)4,21(5)6)15-14-31(34)22(7)16-26-25-11-10-23-17-24(32)12-13-29(23,8)28(25)27(33)18-30(26,31)9/h17,19-21,25-28,33-34H,7,10-13,16,18H2,1-6,8-9H3/t25?,26-,27-,28+,29-,30-,31-/m0/s1. The number of fused-ring (bicyclic) bond motifs is 5. The fraction of sp³-hybridized carbons (Fsp3) is 0.774. The van der Waals surface area contributed by atoms with Crippen molar-refractivity contribution in [3.63, 3.8) is 0 Å². The minimum Gasteiger partial charge on any atom is -0.393 e. The molecule has 0 spiro atoms. The van der Waals surface area contributed by atoms with E-state index in [0.29, 0.717) is 35.4 Å². The van der Waals surface area contributed by atoms with Crippen molar-refractivity contribution < 1.29 is 15.0 Å². The van der Waals surface area contributed by atoms with E-state index in [9.17, 15) is 15.0 Å². The molecule has 0 saturated heterocycles. The van der Waals surface area contributed by atoms with Crippen molar-refractivity contribution in [2.24, 2.45) is 28.6 Å². The Morgan fingerprint density at radius 3 is 2.26 bits per heavy atom. The Kier molecular flexibility index (Phi) is 6.69. The smallest absolute Gasteiger partial charge is 0.155 e. The molecule has 4 heteroatoms. The van der Waals surface area contributed by atoms with E-state index in [1.54, 1.807) is 0 Å². The third-order valence-corrected chi connectivity index (χ3v) is 17.7. The van der Waals surface area contributed by atoms with Crippen LogP contribution in [0, 0.1) is 40.0 Å². The van der Waals surface area contributed by atoms with Crippen molar-refractivity contribution in [2.75, 3.05) is 0 Å². The van der Waals surface area contributed by atoms with E-state index in [-0.39, 0.29) is 23.0 Å². The lowest BCUT2D eigenvalue weighted by Gasteiger charge is -2.60. The van der Waals surface area contributed by atoms with Crippen LogP contribution in [-0.4, -0.2) is 35.8 Å². The van der Waals surface area contributed by atoms with Crippen LogP contribution in [0.3, 0.4) is 0 Å². The summed E-state index contributed by atoms with van der Waals surface area (Å²) in [6.45, 7) is 22.7. The van der Waals surface area contributed by atoms with Crippen LogP contribution in [0.1, 0.15) is 93.9 Å². The maximum atomic E-state index is 12.3. The molecular formula is C31H48O3Si. The normalized spacial score (nSPS) is 41.3. The van der Waals surface area contributed by atoms with Crippen molar-refractivity contribution >= 4 is 13.9 Å². The van der Waals surface area contributed by atoms with Crippen LogP contribution < -0.4 is 0 Å². The lowest BCUT2D eigenvalue weighted by atomic mass is 9.45. The fourth-order valence-corrected chi connectivity index (χ4v) is 14.8. The van der Waals surface area contributed by atoms with Gasteiger partial charge in [-0.05, 0) is 83.5 Å². The number of aliphatic hydroxyl groups is 2. The quantitative estimate of drug-likeness (QED) is 0.263. The second kappa shape index (κ2) is 8.71. The maximum absolute atomic E-state index is 12.3. The van der Waals surface area contributed by atoms with Gasteiger partial charge in [-0.25, -0.2) is 0 Å². The van der Waals surface area contributed by atoms with Gasteiger partial charge in [0, 0.05) is 11.8 Å². The molecule has 0 aromatic rings. The number of ketones is 1. The van der Waals surface area contributed by atoms with E-state index in [1.807, 2.05) is 6.08 Å². The Balaban J connectivity index is 1.77. The summed E-state index contributed by atoms with van der Waals surface area (Å²) in [6, 6.07) is 0. The van der Waals surface area contributed by atoms with Crippen LogP contribution >= 0.6 is 0 Å².